The number of carbonyl (C=O) groups excluding carboxylic acids is 1. The molecule has 1 aromatic carbocycles. The number of hydrogen-bond donors (Lipinski definition) is 2. The van der Waals surface area contributed by atoms with E-state index in [-0.39, 0.29) is 18.4 Å². The molecule has 106 valence electrons. The second-order valence-electron chi connectivity index (χ2n) is 4.68. The summed E-state index contributed by atoms with van der Waals surface area (Å²) >= 11 is 0. The van der Waals surface area contributed by atoms with E-state index in [0.29, 0.717) is 17.9 Å². The molecule has 0 saturated carbocycles. The second-order valence-corrected chi connectivity index (χ2v) is 4.68. The number of nitrogens with one attached hydrogen (secondary N) is 1. The minimum Gasteiger partial charge on any atom is -0.359 e. The Morgan fingerprint density at radius 2 is 2.10 bits per heavy atom. The minimum atomic E-state index is -0.318. The summed E-state index contributed by atoms with van der Waals surface area (Å²) in [5.74, 6) is 0.478. The fourth-order valence-corrected chi connectivity index (χ4v) is 2.03. The number of rotatable bonds is 5. The summed E-state index contributed by atoms with van der Waals surface area (Å²) in [4.78, 5) is 12.1. The van der Waals surface area contributed by atoms with E-state index >= 15 is 0 Å². The number of carbonyl (C=O) groups is 1. The lowest BCUT2D eigenvalue weighted by molar-refractivity contribution is -0.116. The van der Waals surface area contributed by atoms with Gasteiger partial charge >= 0.3 is 0 Å². The van der Waals surface area contributed by atoms with Crippen molar-refractivity contribution in [1.82, 2.24) is 5.16 Å². The molecule has 2 rings (SSSR count). The van der Waals surface area contributed by atoms with Gasteiger partial charge in [-0.25, -0.2) is 0 Å². The molecule has 1 amide bonds. The van der Waals surface area contributed by atoms with Crippen LogP contribution in [0, 0.1) is 6.92 Å². The van der Waals surface area contributed by atoms with E-state index < -0.39 is 0 Å². The van der Waals surface area contributed by atoms with Gasteiger partial charge in [0.25, 0.3) is 0 Å². The minimum absolute atomic E-state index is 0.137. The number of aromatic nitrogens is 1. The Morgan fingerprint density at radius 3 is 2.75 bits per heavy atom. The molecule has 1 atom stereocenters. The van der Waals surface area contributed by atoms with Gasteiger partial charge in [-0.2, -0.15) is 0 Å². The van der Waals surface area contributed by atoms with Gasteiger partial charge in [0, 0.05) is 12.5 Å². The number of aryl methyl sites for hydroxylation is 2. The zero-order chi connectivity index (χ0) is 14.5. The van der Waals surface area contributed by atoms with Gasteiger partial charge in [0.1, 0.15) is 11.4 Å². The molecule has 3 N–H and O–H groups in total. The topological polar surface area (TPSA) is 81.2 Å². The van der Waals surface area contributed by atoms with Gasteiger partial charge in [-0.3, -0.25) is 4.79 Å². The van der Waals surface area contributed by atoms with Crippen molar-refractivity contribution in [3.63, 3.8) is 0 Å². The van der Waals surface area contributed by atoms with Gasteiger partial charge in [-0.1, -0.05) is 42.4 Å². The Morgan fingerprint density at radius 1 is 1.40 bits per heavy atom. The molecule has 0 bridgehead atoms. The monoisotopic (exact) mass is 273 g/mol. The molecule has 1 unspecified atom stereocenters. The molecule has 5 nitrogen and oxygen atoms in total. The van der Waals surface area contributed by atoms with Crippen LogP contribution in [-0.2, 0) is 11.2 Å². The van der Waals surface area contributed by atoms with E-state index in [4.69, 9.17) is 10.3 Å². The van der Waals surface area contributed by atoms with Crippen molar-refractivity contribution in [3.8, 4) is 0 Å². The molecular formula is C15H19N3O2. The number of amides is 1. The molecule has 2 aromatic rings. The largest absolute Gasteiger partial charge is 0.359 e. The number of hydrogen-bond acceptors (Lipinski definition) is 4. The van der Waals surface area contributed by atoms with Crippen LogP contribution in [0.3, 0.4) is 0 Å². The first-order valence-corrected chi connectivity index (χ1v) is 6.67. The summed E-state index contributed by atoms with van der Waals surface area (Å²) in [5, 5.41) is 6.74. The lowest BCUT2D eigenvalue weighted by atomic mass is 10.0. The smallest absolute Gasteiger partial charge is 0.226 e. The van der Waals surface area contributed by atoms with E-state index in [1.54, 1.807) is 6.92 Å². The number of nitrogens with two attached hydrogens (primary N) is 1. The van der Waals surface area contributed by atoms with Crippen molar-refractivity contribution in [2.24, 2.45) is 5.73 Å². The predicted octanol–water partition coefficient (Wildman–Crippen LogP) is 2.57. The lowest BCUT2D eigenvalue weighted by Gasteiger charge is -2.12. The molecule has 0 aliphatic heterocycles. The first-order valence-electron chi connectivity index (χ1n) is 6.67. The fourth-order valence-electron chi connectivity index (χ4n) is 2.03. The molecule has 0 saturated heterocycles. The van der Waals surface area contributed by atoms with Crippen LogP contribution in [0.4, 0.5) is 5.69 Å². The van der Waals surface area contributed by atoms with E-state index in [1.807, 2.05) is 37.3 Å². The summed E-state index contributed by atoms with van der Waals surface area (Å²) in [7, 11) is 0. The quantitative estimate of drug-likeness (QED) is 0.877. The van der Waals surface area contributed by atoms with E-state index in [9.17, 15) is 4.79 Å². The highest BCUT2D eigenvalue weighted by molar-refractivity contribution is 5.92. The van der Waals surface area contributed by atoms with E-state index in [0.717, 1.165) is 11.3 Å². The van der Waals surface area contributed by atoms with Gasteiger partial charge in [-0.05, 0) is 18.9 Å². The average molecular weight is 273 g/mol. The van der Waals surface area contributed by atoms with Crippen LogP contribution in [-0.4, -0.2) is 11.1 Å². The molecule has 0 spiro atoms. The van der Waals surface area contributed by atoms with Gasteiger partial charge < -0.3 is 15.6 Å². The van der Waals surface area contributed by atoms with Crippen molar-refractivity contribution >= 4 is 11.6 Å². The number of nitrogens with zero attached hydrogens (tertiary/aromatic N) is 1. The average Bonchev–Trinajstić information content (AvgIpc) is 2.80. The zero-order valence-electron chi connectivity index (χ0n) is 11.7. The van der Waals surface area contributed by atoms with Gasteiger partial charge in [-0.15, -0.1) is 0 Å². The normalized spacial score (nSPS) is 12.2. The molecule has 0 aliphatic rings. The van der Waals surface area contributed by atoms with Crippen LogP contribution < -0.4 is 11.1 Å². The highest BCUT2D eigenvalue weighted by Crippen LogP contribution is 2.21. The van der Waals surface area contributed by atoms with Crippen molar-refractivity contribution < 1.29 is 9.32 Å². The van der Waals surface area contributed by atoms with Crippen molar-refractivity contribution in [1.29, 1.82) is 0 Å². The van der Waals surface area contributed by atoms with Crippen LogP contribution in [0.5, 0.6) is 0 Å². The third-order valence-corrected chi connectivity index (χ3v) is 3.17. The Labute approximate surface area is 118 Å². The van der Waals surface area contributed by atoms with Crippen molar-refractivity contribution in [2.45, 2.75) is 32.7 Å². The van der Waals surface area contributed by atoms with Crippen molar-refractivity contribution in [2.75, 3.05) is 5.32 Å². The Kier molecular flexibility index (Phi) is 4.53. The molecule has 0 radical (unpaired) electrons. The van der Waals surface area contributed by atoms with Crippen LogP contribution in [0.15, 0.2) is 34.9 Å². The summed E-state index contributed by atoms with van der Waals surface area (Å²) in [6, 6.07) is 9.25. The number of benzene rings is 1. The molecule has 0 aliphatic carbocycles. The Balaban J connectivity index is 2.01. The van der Waals surface area contributed by atoms with E-state index in [2.05, 4.69) is 10.5 Å². The third-order valence-electron chi connectivity index (χ3n) is 3.17. The lowest BCUT2D eigenvalue weighted by Crippen LogP contribution is -2.21. The van der Waals surface area contributed by atoms with Gasteiger partial charge in [0.05, 0.1) is 0 Å². The van der Waals surface area contributed by atoms with Crippen LogP contribution >= 0.6 is 0 Å². The predicted molar refractivity (Wildman–Crippen MR) is 77.2 cm³/mol. The Bertz CT molecular complexity index is 578. The zero-order valence-corrected chi connectivity index (χ0v) is 11.7. The number of anilines is 1. The summed E-state index contributed by atoms with van der Waals surface area (Å²) in [6.07, 6.45) is 0.926. The highest BCUT2D eigenvalue weighted by Gasteiger charge is 2.16. The molecule has 5 heteroatoms. The third kappa shape index (κ3) is 3.24. The van der Waals surface area contributed by atoms with Gasteiger partial charge in [0.2, 0.25) is 5.91 Å². The first kappa shape index (κ1) is 14.3. The Hall–Kier alpha value is -2.14. The maximum absolute atomic E-state index is 12.1. The maximum atomic E-state index is 12.1. The standard InChI is InChI=1S/C15H19N3O2/c1-3-13-15(10(2)20-18-13)17-14(19)9-12(16)11-7-5-4-6-8-11/h4-8,12H,3,9,16H2,1-2H3,(H,17,19). The van der Waals surface area contributed by atoms with Crippen LogP contribution in [0.25, 0.3) is 0 Å². The molecule has 20 heavy (non-hydrogen) atoms. The SMILES string of the molecule is CCc1noc(C)c1NC(=O)CC(N)c1ccccc1. The van der Waals surface area contributed by atoms with Crippen molar-refractivity contribution in [3.05, 3.63) is 47.3 Å². The molecule has 0 fully saturated rings. The second kappa shape index (κ2) is 6.34. The fraction of sp³-hybridized carbons (Fsp3) is 0.333. The van der Waals surface area contributed by atoms with E-state index in [1.165, 1.54) is 0 Å². The van der Waals surface area contributed by atoms with Crippen LogP contribution in [0.1, 0.15) is 36.4 Å². The first-order chi connectivity index (χ1) is 9.61. The molecule has 1 heterocycles. The summed E-state index contributed by atoms with van der Waals surface area (Å²) in [6.45, 7) is 3.74. The van der Waals surface area contributed by atoms with Crippen LogP contribution in [0.2, 0.25) is 0 Å². The maximum Gasteiger partial charge on any atom is 0.226 e. The van der Waals surface area contributed by atoms with Gasteiger partial charge in [0.15, 0.2) is 5.76 Å². The summed E-state index contributed by atoms with van der Waals surface area (Å²) in [5.41, 5.74) is 8.40. The highest BCUT2D eigenvalue weighted by atomic mass is 16.5. The molecule has 1 aromatic heterocycles. The molecular weight excluding hydrogens is 254 g/mol. The summed E-state index contributed by atoms with van der Waals surface area (Å²) < 4.78 is 5.08.